The maximum absolute atomic E-state index is 13.7. The Balaban J connectivity index is 1.37. The number of halogens is 1. The Morgan fingerprint density at radius 3 is 2.60 bits per heavy atom. The van der Waals surface area contributed by atoms with Gasteiger partial charge in [-0.2, -0.15) is 0 Å². The lowest BCUT2D eigenvalue weighted by atomic mass is 9.62. The highest BCUT2D eigenvalue weighted by Gasteiger charge is 2.50. The van der Waals surface area contributed by atoms with Crippen molar-refractivity contribution in [3.05, 3.63) is 99.9 Å². The van der Waals surface area contributed by atoms with Gasteiger partial charge in [0.1, 0.15) is 11.4 Å². The number of rotatable bonds is 5. The second-order valence-corrected chi connectivity index (χ2v) is 17.8. The van der Waals surface area contributed by atoms with Gasteiger partial charge >= 0.3 is 0 Å². The van der Waals surface area contributed by atoms with Crippen LogP contribution in [0, 0.1) is 17.8 Å². The highest BCUT2D eigenvalue weighted by molar-refractivity contribution is 7.90. The van der Waals surface area contributed by atoms with Crippen molar-refractivity contribution in [3.8, 4) is 5.75 Å². The van der Waals surface area contributed by atoms with Crippen LogP contribution in [0.25, 0.3) is 0 Å². The molecule has 3 aromatic rings. The van der Waals surface area contributed by atoms with E-state index in [4.69, 9.17) is 30.5 Å². The Morgan fingerprint density at radius 1 is 1.06 bits per heavy atom. The fourth-order valence-corrected chi connectivity index (χ4v) is 10.5. The van der Waals surface area contributed by atoms with Crippen LogP contribution < -0.4 is 14.4 Å². The van der Waals surface area contributed by atoms with Crippen molar-refractivity contribution in [2.45, 2.75) is 74.9 Å². The van der Waals surface area contributed by atoms with E-state index in [9.17, 15) is 13.2 Å². The molecule has 0 saturated heterocycles. The fraction of sp³-hybridized carbons (Fsp3) is 0.512. The average Bonchev–Trinajstić information content (AvgIpc) is 3.29. The Kier molecular flexibility index (Phi) is 10.7. The van der Waals surface area contributed by atoms with Crippen molar-refractivity contribution < 1.29 is 32.2 Å². The molecule has 0 radical (unpaired) electrons. The highest BCUT2D eigenvalue weighted by Crippen LogP contribution is 2.52. The quantitative estimate of drug-likeness (QED) is 0.214. The summed E-state index contributed by atoms with van der Waals surface area (Å²) in [5, 5.41) is -0.118. The number of hydrogen-bond donors (Lipinski definition) is 1. The second-order valence-electron chi connectivity index (χ2n) is 15.3. The third-order valence-corrected chi connectivity index (χ3v) is 14.5. The summed E-state index contributed by atoms with van der Waals surface area (Å²) in [4.78, 5) is 20.6. The molecule has 10 nitrogen and oxygen atoms in total. The first kappa shape index (κ1) is 37.8. The Morgan fingerprint density at radius 2 is 1.87 bits per heavy atom. The first-order valence-corrected chi connectivity index (χ1v) is 20.5. The van der Waals surface area contributed by atoms with Crippen molar-refractivity contribution >= 4 is 33.2 Å². The van der Waals surface area contributed by atoms with Gasteiger partial charge in [-0.05, 0) is 105 Å². The van der Waals surface area contributed by atoms with E-state index in [1.165, 1.54) is 11.1 Å². The van der Waals surface area contributed by atoms with E-state index in [1.807, 2.05) is 37.4 Å². The molecule has 0 unspecified atom stereocenters. The number of methoxy groups -OCH3 is 3. The molecule has 6 atom stereocenters. The number of fused-ring (bicyclic) bond motifs is 4. The maximum atomic E-state index is 13.7. The van der Waals surface area contributed by atoms with Gasteiger partial charge in [0.05, 0.1) is 17.5 Å². The number of anilines is 1. The van der Waals surface area contributed by atoms with Crippen molar-refractivity contribution in [1.82, 2.24) is 9.71 Å². The van der Waals surface area contributed by atoms with E-state index < -0.39 is 33.1 Å². The summed E-state index contributed by atoms with van der Waals surface area (Å²) < 4.78 is 54.1. The van der Waals surface area contributed by atoms with Crippen molar-refractivity contribution in [2.24, 2.45) is 17.8 Å². The van der Waals surface area contributed by atoms with Gasteiger partial charge in [0.25, 0.3) is 5.91 Å². The number of allylic oxidation sites excluding steroid dienone is 1. The minimum Gasteiger partial charge on any atom is -0.490 e. The van der Waals surface area contributed by atoms with Crippen LogP contribution in [-0.2, 0) is 41.7 Å². The number of pyridine rings is 1. The fourth-order valence-electron chi connectivity index (χ4n) is 9.07. The SMILES string of the molecule is COC(OC)c1cncc([C@]2(OC)/C=C\C[C@H](C)[C@@H](C)S(=O)(=O)NC(=O)c3ccc4c(c3)N(C[C@@H]3CC[C@H]32)C[C@@]2(CCCc3cc(Cl)ccc32)CO4)c1. The Labute approximate surface area is 318 Å². The lowest BCUT2D eigenvalue weighted by Crippen LogP contribution is -2.52. The van der Waals surface area contributed by atoms with Crippen LogP contribution in [0.1, 0.15) is 84.9 Å². The number of nitrogens with one attached hydrogen (secondary N) is 1. The lowest BCUT2D eigenvalue weighted by Gasteiger charge is -2.50. The number of aromatic nitrogens is 1. The summed E-state index contributed by atoms with van der Waals surface area (Å²) in [6.07, 6.45) is 12.4. The molecule has 12 heteroatoms. The van der Waals surface area contributed by atoms with Crippen LogP contribution in [0.5, 0.6) is 5.75 Å². The van der Waals surface area contributed by atoms with Crippen molar-refractivity contribution in [2.75, 3.05) is 45.9 Å². The molecule has 2 aliphatic carbocycles. The molecule has 284 valence electrons. The second kappa shape index (κ2) is 15.0. The van der Waals surface area contributed by atoms with Crippen LogP contribution in [-0.4, -0.2) is 65.6 Å². The summed E-state index contributed by atoms with van der Waals surface area (Å²) in [5.74, 6) is -0.0268. The van der Waals surface area contributed by atoms with Gasteiger partial charge in [0, 0.05) is 79.9 Å². The van der Waals surface area contributed by atoms with E-state index in [2.05, 4.69) is 32.8 Å². The molecular formula is C41H50ClN3O7S. The summed E-state index contributed by atoms with van der Waals surface area (Å²) in [6.45, 7) is 5.33. The number of carbonyl (C=O) groups excluding carboxylic acids is 1. The van der Waals surface area contributed by atoms with Gasteiger partial charge in [0.15, 0.2) is 6.29 Å². The molecule has 4 aliphatic rings. The Hall–Kier alpha value is -3.48. The molecule has 2 aromatic carbocycles. The zero-order valence-electron chi connectivity index (χ0n) is 31.1. The number of nitrogens with zero attached hydrogens (tertiary/aromatic N) is 2. The van der Waals surface area contributed by atoms with Gasteiger partial charge in [0.2, 0.25) is 10.0 Å². The molecule has 1 aromatic heterocycles. The normalized spacial score (nSPS) is 30.3. The first-order valence-electron chi connectivity index (χ1n) is 18.5. The van der Waals surface area contributed by atoms with Crippen molar-refractivity contribution in [1.29, 1.82) is 0 Å². The Bertz CT molecular complexity index is 1990. The molecular weight excluding hydrogens is 714 g/mol. The molecule has 1 fully saturated rings. The standard InChI is InChI=1S/C41H50ClN3O7S/c1-26-8-6-17-41(51-5,32-18-31(21-43-22-32)39(49-3)50-4)35-13-10-30(35)23-45-24-40(16-7-9-28-19-33(42)12-14-34(28)40)25-52-37-15-11-29(20-36(37)45)38(46)44-53(47,48)27(26)2/h6,11-12,14-15,17-22,26-27,30,35,39H,7-10,13,16,23-25H2,1-5H3,(H,44,46)/b17-6-/t26-,27+,30-,35+,40-,41+/m0/s1. The zero-order valence-corrected chi connectivity index (χ0v) is 32.7. The van der Waals surface area contributed by atoms with Gasteiger partial charge in [-0.3, -0.25) is 9.78 Å². The monoisotopic (exact) mass is 763 g/mol. The molecule has 1 saturated carbocycles. The number of hydrogen-bond acceptors (Lipinski definition) is 9. The molecule has 1 amide bonds. The number of aryl methyl sites for hydroxylation is 1. The largest absolute Gasteiger partial charge is 0.490 e. The summed E-state index contributed by atoms with van der Waals surface area (Å²) in [6, 6.07) is 13.5. The van der Waals surface area contributed by atoms with E-state index in [-0.39, 0.29) is 28.7 Å². The molecule has 53 heavy (non-hydrogen) atoms. The van der Waals surface area contributed by atoms with E-state index in [0.29, 0.717) is 31.9 Å². The molecule has 2 aliphatic heterocycles. The average molecular weight is 764 g/mol. The number of benzene rings is 2. The highest BCUT2D eigenvalue weighted by atomic mass is 35.5. The molecule has 3 heterocycles. The topological polar surface area (TPSA) is 116 Å². The molecule has 7 rings (SSSR count). The van der Waals surface area contributed by atoms with Gasteiger partial charge in [-0.1, -0.05) is 36.7 Å². The van der Waals surface area contributed by atoms with Gasteiger partial charge in [-0.25, -0.2) is 13.1 Å². The molecule has 1 N–H and O–H groups in total. The van der Waals surface area contributed by atoms with Gasteiger partial charge in [-0.15, -0.1) is 0 Å². The number of amides is 1. The number of carbonyl (C=O) groups is 1. The molecule has 2 bridgehead atoms. The van der Waals surface area contributed by atoms with Crippen LogP contribution in [0.3, 0.4) is 0 Å². The third-order valence-electron chi connectivity index (χ3n) is 12.4. The van der Waals surface area contributed by atoms with Gasteiger partial charge < -0.3 is 23.8 Å². The molecule has 1 spiro atoms. The third kappa shape index (κ3) is 6.99. The first-order chi connectivity index (χ1) is 25.4. The lowest BCUT2D eigenvalue weighted by molar-refractivity contribution is -0.107. The van der Waals surface area contributed by atoms with Crippen LogP contribution in [0.15, 0.2) is 67.0 Å². The summed E-state index contributed by atoms with van der Waals surface area (Å²) >= 11 is 6.49. The predicted octanol–water partition coefficient (Wildman–Crippen LogP) is 7.11. The zero-order chi connectivity index (χ0) is 37.5. The predicted molar refractivity (Wildman–Crippen MR) is 205 cm³/mol. The van der Waals surface area contributed by atoms with Crippen molar-refractivity contribution in [3.63, 3.8) is 0 Å². The number of ether oxygens (including phenoxy) is 4. The van der Waals surface area contributed by atoms with E-state index >= 15 is 0 Å². The van der Waals surface area contributed by atoms with E-state index in [1.54, 1.807) is 46.6 Å². The summed E-state index contributed by atoms with van der Waals surface area (Å²) in [5.41, 5.74) is 3.98. The summed E-state index contributed by atoms with van der Waals surface area (Å²) in [7, 11) is 0.922. The van der Waals surface area contributed by atoms with Crippen LogP contribution in [0.4, 0.5) is 5.69 Å². The van der Waals surface area contributed by atoms with Crippen LogP contribution >= 0.6 is 11.6 Å². The minimum atomic E-state index is -4.01. The van der Waals surface area contributed by atoms with Crippen LogP contribution in [0.2, 0.25) is 5.02 Å². The number of sulfonamides is 1. The smallest absolute Gasteiger partial charge is 0.264 e. The minimum absolute atomic E-state index is 0.0567. The maximum Gasteiger partial charge on any atom is 0.264 e. The van der Waals surface area contributed by atoms with E-state index in [0.717, 1.165) is 53.9 Å².